The molecule has 0 saturated carbocycles. The Kier molecular flexibility index (Phi) is 2.99. The second-order valence-electron chi connectivity index (χ2n) is 5.51. The molecule has 0 bridgehead atoms. The molecule has 1 aromatic heterocycles. The number of carboxylic acids is 1. The van der Waals surface area contributed by atoms with Gasteiger partial charge in [0.2, 0.25) is 0 Å². The molecule has 1 saturated heterocycles. The number of aromatic nitrogens is 2. The minimum Gasteiger partial charge on any atom is -0.480 e. The standard InChI is InChI=1S/C14H18N4O2/c1-17-12-5-3-2-4-10(12)11(16-17)8-18-7-6-14(15,9-18)13(19)20/h2-5H,6-9,15H2,1H3,(H,19,20). The number of carbonyl (C=O) groups is 1. The molecule has 20 heavy (non-hydrogen) atoms. The molecule has 2 heterocycles. The highest BCUT2D eigenvalue weighted by Crippen LogP contribution is 2.24. The second-order valence-corrected chi connectivity index (χ2v) is 5.51. The van der Waals surface area contributed by atoms with E-state index in [9.17, 15) is 4.79 Å². The van der Waals surface area contributed by atoms with Crippen molar-refractivity contribution in [2.45, 2.75) is 18.5 Å². The van der Waals surface area contributed by atoms with Gasteiger partial charge in [-0.05, 0) is 12.5 Å². The summed E-state index contributed by atoms with van der Waals surface area (Å²) in [6, 6.07) is 8.04. The topological polar surface area (TPSA) is 84.4 Å². The number of fused-ring (bicyclic) bond motifs is 1. The van der Waals surface area contributed by atoms with Crippen LogP contribution in [0.3, 0.4) is 0 Å². The van der Waals surface area contributed by atoms with Gasteiger partial charge < -0.3 is 10.8 Å². The summed E-state index contributed by atoms with van der Waals surface area (Å²) >= 11 is 0. The van der Waals surface area contributed by atoms with E-state index in [0.29, 0.717) is 26.1 Å². The highest BCUT2D eigenvalue weighted by Gasteiger charge is 2.41. The number of carboxylic acid groups (broad SMARTS) is 1. The molecule has 0 amide bonds. The maximum Gasteiger partial charge on any atom is 0.325 e. The molecular weight excluding hydrogens is 256 g/mol. The van der Waals surface area contributed by atoms with Gasteiger partial charge in [0.05, 0.1) is 11.2 Å². The lowest BCUT2D eigenvalue weighted by Crippen LogP contribution is -2.50. The monoisotopic (exact) mass is 274 g/mol. The van der Waals surface area contributed by atoms with Crippen LogP contribution in [0.15, 0.2) is 24.3 Å². The number of hydrogen-bond donors (Lipinski definition) is 2. The van der Waals surface area contributed by atoms with Gasteiger partial charge in [-0.15, -0.1) is 0 Å². The lowest BCUT2D eigenvalue weighted by Gasteiger charge is -2.19. The summed E-state index contributed by atoms with van der Waals surface area (Å²) < 4.78 is 1.85. The fourth-order valence-corrected chi connectivity index (χ4v) is 2.84. The number of para-hydroxylation sites is 1. The third-order valence-corrected chi connectivity index (χ3v) is 4.01. The van der Waals surface area contributed by atoms with Gasteiger partial charge in [-0.1, -0.05) is 18.2 Å². The summed E-state index contributed by atoms with van der Waals surface area (Å²) in [5, 5.41) is 14.8. The molecule has 3 rings (SSSR count). The fraction of sp³-hybridized carbons (Fsp3) is 0.429. The smallest absolute Gasteiger partial charge is 0.325 e. The molecule has 2 aromatic rings. The number of rotatable bonds is 3. The van der Waals surface area contributed by atoms with Gasteiger partial charge in [-0.2, -0.15) is 5.10 Å². The van der Waals surface area contributed by atoms with Crippen LogP contribution in [-0.4, -0.2) is 44.4 Å². The van der Waals surface area contributed by atoms with Gasteiger partial charge in [0.25, 0.3) is 0 Å². The first-order valence-corrected chi connectivity index (χ1v) is 6.65. The van der Waals surface area contributed by atoms with Crippen LogP contribution in [0.2, 0.25) is 0 Å². The van der Waals surface area contributed by atoms with Crippen LogP contribution in [0, 0.1) is 0 Å². The maximum absolute atomic E-state index is 11.2. The molecule has 1 unspecified atom stereocenters. The molecule has 6 nitrogen and oxygen atoms in total. The second kappa shape index (κ2) is 4.57. The fourth-order valence-electron chi connectivity index (χ4n) is 2.84. The molecule has 3 N–H and O–H groups in total. The zero-order chi connectivity index (χ0) is 14.3. The molecule has 0 spiro atoms. The van der Waals surface area contributed by atoms with E-state index >= 15 is 0 Å². The summed E-state index contributed by atoms with van der Waals surface area (Å²) in [5.74, 6) is -0.925. The van der Waals surface area contributed by atoms with Crippen LogP contribution in [0.5, 0.6) is 0 Å². The number of hydrogen-bond acceptors (Lipinski definition) is 4. The van der Waals surface area contributed by atoms with Crippen LogP contribution >= 0.6 is 0 Å². The molecule has 1 atom stereocenters. The quantitative estimate of drug-likeness (QED) is 0.854. The highest BCUT2D eigenvalue weighted by molar-refractivity contribution is 5.82. The Bertz CT molecular complexity index is 666. The van der Waals surface area contributed by atoms with Crippen molar-refractivity contribution in [1.82, 2.24) is 14.7 Å². The van der Waals surface area contributed by atoms with Gasteiger partial charge in [0.1, 0.15) is 5.54 Å². The van der Waals surface area contributed by atoms with Gasteiger partial charge in [-0.3, -0.25) is 14.4 Å². The minimum absolute atomic E-state index is 0.368. The lowest BCUT2D eigenvalue weighted by atomic mass is 10.0. The van der Waals surface area contributed by atoms with Gasteiger partial charge >= 0.3 is 5.97 Å². The summed E-state index contributed by atoms with van der Waals surface area (Å²) in [6.07, 6.45) is 0.479. The first-order chi connectivity index (χ1) is 9.49. The number of likely N-dealkylation sites (tertiary alicyclic amines) is 1. The lowest BCUT2D eigenvalue weighted by molar-refractivity contribution is -0.142. The van der Waals surface area contributed by atoms with Crippen molar-refractivity contribution in [3.63, 3.8) is 0 Å². The Morgan fingerprint density at radius 3 is 2.95 bits per heavy atom. The Labute approximate surface area is 116 Å². The van der Waals surface area contributed by atoms with Crippen molar-refractivity contribution in [1.29, 1.82) is 0 Å². The average Bonchev–Trinajstić information content (AvgIpc) is 2.94. The van der Waals surface area contributed by atoms with Crippen LogP contribution in [-0.2, 0) is 18.4 Å². The number of nitrogens with zero attached hydrogens (tertiary/aromatic N) is 3. The van der Waals surface area contributed by atoms with E-state index in [1.165, 1.54) is 0 Å². The zero-order valence-electron chi connectivity index (χ0n) is 11.4. The van der Waals surface area contributed by atoms with Gasteiger partial charge in [-0.25, -0.2) is 0 Å². The summed E-state index contributed by atoms with van der Waals surface area (Å²) in [5.41, 5.74) is 6.83. The van der Waals surface area contributed by atoms with E-state index in [4.69, 9.17) is 10.8 Å². The number of aliphatic carboxylic acids is 1. The van der Waals surface area contributed by atoms with Crippen molar-refractivity contribution in [2.75, 3.05) is 13.1 Å². The Hall–Kier alpha value is -1.92. The molecule has 1 aliphatic heterocycles. The SMILES string of the molecule is Cn1nc(CN2CCC(N)(C(=O)O)C2)c2ccccc21. The zero-order valence-corrected chi connectivity index (χ0v) is 11.4. The largest absolute Gasteiger partial charge is 0.480 e. The van der Waals surface area contributed by atoms with E-state index in [2.05, 4.69) is 10.00 Å². The molecule has 1 fully saturated rings. The van der Waals surface area contributed by atoms with Crippen molar-refractivity contribution >= 4 is 16.9 Å². The predicted octanol–water partition coefficient (Wildman–Crippen LogP) is 0.561. The van der Waals surface area contributed by atoms with Crippen LogP contribution in [0.1, 0.15) is 12.1 Å². The molecule has 0 aliphatic carbocycles. The Balaban J connectivity index is 1.83. The van der Waals surface area contributed by atoms with Crippen molar-refractivity contribution in [3.8, 4) is 0 Å². The summed E-state index contributed by atoms with van der Waals surface area (Å²) in [7, 11) is 1.92. The Morgan fingerprint density at radius 2 is 2.25 bits per heavy atom. The van der Waals surface area contributed by atoms with E-state index in [1.807, 2.05) is 36.0 Å². The molecule has 1 aliphatic rings. The maximum atomic E-state index is 11.2. The third kappa shape index (κ3) is 2.07. The van der Waals surface area contributed by atoms with E-state index in [0.717, 1.165) is 16.6 Å². The van der Waals surface area contributed by atoms with E-state index in [-0.39, 0.29) is 0 Å². The molecular formula is C14H18N4O2. The van der Waals surface area contributed by atoms with E-state index in [1.54, 1.807) is 0 Å². The Morgan fingerprint density at radius 1 is 1.50 bits per heavy atom. The molecule has 0 radical (unpaired) electrons. The van der Waals surface area contributed by atoms with Crippen molar-refractivity contribution in [2.24, 2.45) is 12.8 Å². The third-order valence-electron chi connectivity index (χ3n) is 4.01. The van der Waals surface area contributed by atoms with Crippen LogP contribution < -0.4 is 5.73 Å². The number of benzene rings is 1. The predicted molar refractivity (Wildman–Crippen MR) is 75.2 cm³/mol. The van der Waals surface area contributed by atoms with Crippen LogP contribution in [0.25, 0.3) is 10.9 Å². The first kappa shape index (κ1) is 13.1. The van der Waals surface area contributed by atoms with Crippen molar-refractivity contribution in [3.05, 3.63) is 30.0 Å². The normalized spacial score (nSPS) is 23.5. The van der Waals surface area contributed by atoms with Gasteiger partial charge in [0, 0.05) is 32.1 Å². The van der Waals surface area contributed by atoms with E-state index < -0.39 is 11.5 Å². The molecule has 6 heteroatoms. The van der Waals surface area contributed by atoms with Crippen molar-refractivity contribution < 1.29 is 9.90 Å². The van der Waals surface area contributed by atoms with Crippen LogP contribution in [0.4, 0.5) is 0 Å². The molecule has 106 valence electrons. The minimum atomic E-state index is -1.12. The summed E-state index contributed by atoms with van der Waals surface area (Å²) in [4.78, 5) is 13.2. The number of aryl methyl sites for hydroxylation is 1. The van der Waals surface area contributed by atoms with Gasteiger partial charge in [0.15, 0.2) is 0 Å². The molecule has 1 aromatic carbocycles. The average molecular weight is 274 g/mol. The first-order valence-electron chi connectivity index (χ1n) is 6.65. The highest BCUT2D eigenvalue weighted by atomic mass is 16.4. The number of nitrogens with two attached hydrogens (primary N) is 1. The summed E-state index contributed by atoms with van der Waals surface area (Å²) in [6.45, 7) is 1.69.